The minimum atomic E-state index is 0.229. The molecule has 2 aromatic rings. The molecule has 2 rings (SSSR count). The third-order valence-electron chi connectivity index (χ3n) is 3.61. The van der Waals surface area contributed by atoms with Crippen LogP contribution in [0.5, 0.6) is 5.75 Å². The predicted molar refractivity (Wildman–Crippen MR) is 89.2 cm³/mol. The Morgan fingerprint density at radius 1 is 1.05 bits per heavy atom. The zero-order valence-corrected chi connectivity index (χ0v) is 13.5. The summed E-state index contributed by atoms with van der Waals surface area (Å²) in [5.74, 6) is 0.892. The van der Waals surface area contributed by atoms with E-state index < -0.39 is 0 Å². The van der Waals surface area contributed by atoms with Gasteiger partial charge in [-0.1, -0.05) is 41.9 Å². The van der Waals surface area contributed by atoms with Crippen LogP contribution in [0.1, 0.15) is 31.0 Å². The lowest BCUT2D eigenvalue weighted by atomic mass is 10.0. The normalized spacial score (nSPS) is 13.7. The van der Waals surface area contributed by atoms with Gasteiger partial charge < -0.3 is 10.1 Å². The Bertz CT molecular complexity index is 568. The molecule has 0 aromatic heterocycles. The van der Waals surface area contributed by atoms with Gasteiger partial charge in [-0.2, -0.15) is 0 Å². The fourth-order valence-corrected chi connectivity index (χ4v) is 2.82. The first kappa shape index (κ1) is 15.9. The molecule has 0 saturated carbocycles. The Hall–Kier alpha value is -1.51. The molecule has 0 aliphatic carbocycles. The first-order chi connectivity index (χ1) is 10.1. The van der Waals surface area contributed by atoms with E-state index in [9.17, 15) is 0 Å². The third-order valence-corrected chi connectivity index (χ3v) is 3.95. The summed E-state index contributed by atoms with van der Waals surface area (Å²) in [4.78, 5) is 0. The molecule has 2 nitrogen and oxygen atoms in total. The Labute approximate surface area is 132 Å². The van der Waals surface area contributed by atoms with E-state index in [2.05, 4.69) is 37.4 Å². The van der Waals surface area contributed by atoms with Gasteiger partial charge in [0.1, 0.15) is 5.75 Å². The van der Waals surface area contributed by atoms with Crippen molar-refractivity contribution in [2.75, 3.05) is 7.11 Å². The maximum atomic E-state index is 6.24. The van der Waals surface area contributed by atoms with Crippen molar-refractivity contribution >= 4 is 11.6 Å². The molecule has 2 aromatic carbocycles. The van der Waals surface area contributed by atoms with Crippen LogP contribution < -0.4 is 10.1 Å². The summed E-state index contributed by atoms with van der Waals surface area (Å²) in [5.41, 5.74) is 2.43. The van der Waals surface area contributed by atoms with Gasteiger partial charge in [0, 0.05) is 17.1 Å². The number of nitrogens with one attached hydrogen (secondary N) is 1. The third kappa shape index (κ3) is 4.48. The van der Waals surface area contributed by atoms with Crippen molar-refractivity contribution in [1.29, 1.82) is 0 Å². The van der Waals surface area contributed by atoms with E-state index in [-0.39, 0.29) is 6.04 Å². The average molecular weight is 304 g/mol. The van der Waals surface area contributed by atoms with Crippen LogP contribution in [0.2, 0.25) is 5.02 Å². The summed E-state index contributed by atoms with van der Waals surface area (Å²) in [6.45, 7) is 4.34. The zero-order valence-electron chi connectivity index (χ0n) is 12.8. The highest BCUT2D eigenvalue weighted by atomic mass is 35.5. The van der Waals surface area contributed by atoms with Gasteiger partial charge in [-0.05, 0) is 49.6 Å². The quantitative estimate of drug-likeness (QED) is 0.840. The molecule has 0 aliphatic heterocycles. The van der Waals surface area contributed by atoms with Gasteiger partial charge in [-0.25, -0.2) is 0 Å². The molecule has 0 heterocycles. The van der Waals surface area contributed by atoms with E-state index in [1.54, 1.807) is 7.11 Å². The molecular formula is C18H22ClNO. The lowest BCUT2D eigenvalue weighted by molar-refractivity contribution is 0.414. The van der Waals surface area contributed by atoms with Crippen molar-refractivity contribution in [3.8, 4) is 5.75 Å². The van der Waals surface area contributed by atoms with Gasteiger partial charge in [-0.3, -0.25) is 0 Å². The highest BCUT2D eigenvalue weighted by Gasteiger charge is 2.12. The molecule has 3 heteroatoms. The van der Waals surface area contributed by atoms with Crippen molar-refractivity contribution in [2.24, 2.45) is 0 Å². The summed E-state index contributed by atoms with van der Waals surface area (Å²) < 4.78 is 5.18. The molecule has 2 atom stereocenters. The molecule has 0 fully saturated rings. The Morgan fingerprint density at radius 2 is 1.71 bits per heavy atom. The molecule has 0 bridgehead atoms. The van der Waals surface area contributed by atoms with E-state index in [0.29, 0.717) is 6.04 Å². The van der Waals surface area contributed by atoms with Gasteiger partial charge in [0.2, 0.25) is 0 Å². The van der Waals surface area contributed by atoms with Crippen molar-refractivity contribution in [3.05, 3.63) is 64.7 Å². The SMILES string of the molecule is COc1ccc(CC(C)NC(C)c2ccccc2Cl)cc1. The number of benzene rings is 2. The monoisotopic (exact) mass is 303 g/mol. The lowest BCUT2D eigenvalue weighted by Crippen LogP contribution is -2.30. The van der Waals surface area contributed by atoms with Gasteiger partial charge in [-0.15, -0.1) is 0 Å². The highest BCUT2D eigenvalue weighted by molar-refractivity contribution is 6.31. The molecular weight excluding hydrogens is 282 g/mol. The Kier molecular flexibility index (Phi) is 5.66. The number of hydrogen-bond acceptors (Lipinski definition) is 2. The fraction of sp³-hybridized carbons (Fsp3) is 0.333. The van der Waals surface area contributed by atoms with Gasteiger partial charge in [0.05, 0.1) is 7.11 Å². The Balaban J connectivity index is 1.94. The summed E-state index contributed by atoms with van der Waals surface area (Å²) >= 11 is 6.24. The number of rotatable bonds is 6. The molecule has 0 radical (unpaired) electrons. The van der Waals surface area contributed by atoms with Gasteiger partial charge in [0.25, 0.3) is 0 Å². The standard InChI is InChI=1S/C18H22ClNO/c1-13(12-15-8-10-16(21-3)11-9-15)20-14(2)17-6-4-5-7-18(17)19/h4-11,13-14,20H,12H2,1-3H3. The first-order valence-corrected chi connectivity index (χ1v) is 7.61. The minimum absolute atomic E-state index is 0.229. The second kappa shape index (κ2) is 7.48. The molecule has 21 heavy (non-hydrogen) atoms. The van der Waals surface area contributed by atoms with E-state index in [1.165, 1.54) is 5.56 Å². The summed E-state index contributed by atoms with van der Waals surface area (Å²) in [6.07, 6.45) is 0.971. The van der Waals surface area contributed by atoms with Crippen LogP contribution in [0.25, 0.3) is 0 Å². The van der Waals surface area contributed by atoms with Crippen LogP contribution in [0.3, 0.4) is 0 Å². The second-order valence-electron chi connectivity index (χ2n) is 5.36. The molecule has 112 valence electrons. The lowest BCUT2D eigenvalue weighted by Gasteiger charge is -2.21. The molecule has 1 N–H and O–H groups in total. The van der Waals surface area contributed by atoms with Crippen LogP contribution in [-0.2, 0) is 6.42 Å². The van der Waals surface area contributed by atoms with Gasteiger partial charge >= 0.3 is 0 Å². The smallest absolute Gasteiger partial charge is 0.118 e. The number of halogens is 1. The van der Waals surface area contributed by atoms with Crippen molar-refractivity contribution in [2.45, 2.75) is 32.4 Å². The molecule has 0 saturated heterocycles. The molecule has 0 amide bonds. The predicted octanol–water partition coefficient (Wildman–Crippen LogP) is 4.63. The van der Waals surface area contributed by atoms with Crippen LogP contribution in [0, 0.1) is 0 Å². The van der Waals surface area contributed by atoms with Gasteiger partial charge in [0.15, 0.2) is 0 Å². The van der Waals surface area contributed by atoms with Crippen molar-refractivity contribution < 1.29 is 4.74 Å². The van der Waals surface area contributed by atoms with E-state index in [1.807, 2.05) is 30.3 Å². The maximum absolute atomic E-state index is 6.24. The first-order valence-electron chi connectivity index (χ1n) is 7.23. The van der Waals surface area contributed by atoms with Crippen LogP contribution in [0.4, 0.5) is 0 Å². The Morgan fingerprint density at radius 3 is 2.33 bits per heavy atom. The zero-order chi connectivity index (χ0) is 15.2. The minimum Gasteiger partial charge on any atom is -0.497 e. The largest absolute Gasteiger partial charge is 0.497 e. The summed E-state index contributed by atoms with van der Waals surface area (Å²) in [5, 5.41) is 4.41. The van der Waals surface area contributed by atoms with E-state index >= 15 is 0 Å². The van der Waals surface area contributed by atoms with Crippen molar-refractivity contribution in [3.63, 3.8) is 0 Å². The van der Waals surface area contributed by atoms with E-state index in [4.69, 9.17) is 16.3 Å². The highest BCUT2D eigenvalue weighted by Crippen LogP contribution is 2.23. The maximum Gasteiger partial charge on any atom is 0.118 e. The molecule has 0 aliphatic rings. The van der Waals surface area contributed by atoms with E-state index in [0.717, 1.165) is 22.8 Å². The fourth-order valence-electron chi connectivity index (χ4n) is 2.52. The average Bonchev–Trinajstić information content (AvgIpc) is 2.48. The van der Waals surface area contributed by atoms with Crippen molar-refractivity contribution in [1.82, 2.24) is 5.32 Å². The number of hydrogen-bond donors (Lipinski definition) is 1. The molecule has 0 spiro atoms. The summed E-state index contributed by atoms with van der Waals surface area (Å²) in [6, 6.07) is 16.8. The number of methoxy groups -OCH3 is 1. The number of ether oxygens (including phenoxy) is 1. The molecule has 2 unspecified atom stereocenters. The topological polar surface area (TPSA) is 21.3 Å². The second-order valence-corrected chi connectivity index (χ2v) is 5.77. The summed E-state index contributed by atoms with van der Waals surface area (Å²) in [7, 11) is 1.68. The van der Waals surface area contributed by atoms with Crippen LogP contribution >= 0.6 is 11.6 Å². The van der Waals surface area contributed by atoms with Crippen LogP contribution in [0.15, 0.2) is 48.5 Å². The van der Waals surface area contributed by atoms with Crippen LogP contribution in [-0.4, -0.2) is 13.2 Å².